The third-order valence-electron chi connectivity index (χ3n) is 5.46. The van der Waals surface area contributed by atoms with E-state index in [-0.39, 0.29) is 5.41 Å². The summed E-state index contributed by atoms with van der Waals surface area (Å²) in [5.74, 6) is 1.53. The molecule has 0 spiro atoms. The zero-order valence-electron chi connectivity index (χ0n) is 16.4. The summed E-state index contributed by atoms with van der Waals surface area (Å²) in [6, 6.07) is 10.9. The van der Waals surface area contributed by atoms with Crippen LogP contribution in [-0.4, -0.2) is 49.8 Å². The summed E-state index contributed by atoms with van der Waals surface area (Å²) < 4.78 is 27.8. The van der Waals surface area contributed by atoms with Gasteiger partial charge in [0.05, 0.1) is 0 Å². The van der Waals surface area contributed by atoms with Crippen LogP contribution in [0.2, 0.25) is 0 Å². The highest BCUT2D eigenvalue weighted by Crippen LogP contribution is 2.31. The van der Waals surface area contributed by atoms with Crippen molar-refractivity contribution in [1.29, 1.82) is 0 Å². The number of sulfonamides is 1. The monoisotopic (exact) mass is 401 g/mol. The molecule has 0 unspecified atom stereocenters. The summed E-state index contributed by atoms with van der Waals surface area (Å²) in [7, 11) is -3.42. The Bertz CT molecular complexity index is 927. The molecule has 2 fully saturated rings. The van der Waals surface area contributed by atoms with Crippen molar-refractivity contribution in [1.82, 2.24) is 9.97 Å². The molecule has 7 nitrogen and oxygen atoms in total. The van der Waals surface area contributed by atoms with E-state index in [1.165, 1.54) is 6.42 Å². The molecule has 28 heavy (non-hydrogen) atoms. The van der Waals surface area contributed by atoms with E-state index in [2.05, 4.69) is 28.5 Å². The molecule has 150 valence electrons. The molecule has 0 radical (unpaired) electrons. The Kier molecular flexibility index (Phi) is 4.91. The number of anilines is 3. The fourth-order valence-electron chi connectivity index (χ4n) is 3.84. The van der Waals surface area contributed by atoms with Gasteiger partial charge in [0.15, 0.2) is 0 Å². The molecule has 2 aromatic rings. The highest BCUT2D eigenvalue weighted by molar-refractivity contribution is 7.93. The van der Waals surface area contributed by atoms with Gasteiger partial charge in [-0.05, 0) is 36.5 Å². The van der Waals surface area contributed by atoms with Gasteiger partial charge >= 0.3 is 0 Å². The average Bonchev–Trinajstić information content (AvgIpc) is 2.60. The first kappa shape index (κ1) is 19.0. The predicted octanol–water partition coefficient (Wildman–Crippen LogP) is 2.73. The molecule has 1 aromatic carbocycles. The van der Waals surface area contributed by atoms with Crippen LogP contribution in [0.5, 0.6) is 0 Å². The van der Waals surface area contributed by atoms with Crippen molar-refractivity contribution in [3.63, 3.8) is 0 Å². The molecule has 3 heterocycles. The summed E-state index contributed by atoms with van der Waals surface area (Å²) in [5.41, 5.74) is 0.870. The molecule has 2 saturated heterocycles. The first-order valence-electron chi connectivity index (χ1n) is 9.72. The van der Waals surface area contributed by atoms with E-state index < -0.39 is 15.3 Å². The summed E-state index contributed by atoms with van der Waals surface area (Å²) >= 11 is 0. The Labute approximate surface area is 166 Å². The fourth-order valence-corrected chi connectivity index (χ4v) is 5.22. The first-order valence-corrected chi connectivity index (χ1v) is 11.3. The van der Waals surface area contributed by atoms with Crippen molar-refractivity contribution in [3.05, 3.63) is 42.6 Å². The third-order valence-corrected chi connectivity index (χ3v) is 7.15. The van der Waals surface area contributed by atoms with Gasteiger partial charge in [0, 0.05) is 38.1 Å². The zero-order chi connectivity index (χ0) is 19.8. The Hall–Kier alpha value is -2.35. The normalized spacial score (nSPS) is 19.9. The maximum atomic E-state index is 12.6. The lowest BCUT2D eigenvalue weighted by atomic mass is 9.84. The molecule has 1 aromatic heterocycles. The standard InChI is InChI=1S/C20H27N5O2S/c1-20(2)10-6-12-24(15-20)18-9-11-21-19(22-18)25-13-17(14-25)28(26,27)23-16-7-4-3-5-8-16/h3-5,7-9,11,17,23H,6,10,12-15H2,1-2H3. The van der Waals surface area contributed by atoms with Crippen molar-refractivity contribution in [2.45, 2.75) is 31.9 Å². The molecule has 2 aliphatic rings. The Balaban J connectivity index is 1.41. The van der Waals surface area contributed by atoms with Crippen LogP contribution in [0.15, 0.2) is 42.6 Å². The number of aromatic nitrogens is 2. The minimum atomic E-state index is -3.42. The highest BCUT2D eigenvalue weighted by atomic mass is 32.2. The van der Waals surface area contributed by atoms with Crippen LogP contribution in [0.4, 0.5) is 17.5 Å². The van der Waals surface area contributed by atoms with E-state index >= 15 is 0 Å². The minimum absolute atomic E-state index is 0.280. The molecular formula is C20H27N5O2S. The zero-order valence-corrected chi connectivity index (χ0v) is 17.2. The smallest absolute Gasteiger partial charge is 0.239 e. The van der Waals surface area contributed by atoms with Crippen LogP contribution in [0.25, 0.3) is 0 Å². The molecule has 0 atom stereocenters. The van der Waals surface area contributed by atoms with E-state index in [0.29, 0.717) is 24.7 Å². The lowest BCUT2D eigenvalue weighted by Gasteiger charge is -2.40. The SMILES string of the molecule is CC1(C)CCCN(c2ccnc(N3CC(S(=O)(=O)Nc4ccccc4)C3)n2)C1. The highest BCUT2D eigenvalue weighted by Gasteiger charge is 2.39. The van der Waals surface area contributed by atoms with Gasteiger partial charge in [-0.2, -0.15) is 4.98 Å². The van der Waals surface area contributed by atoms with Gasteiger partial charge in [0.2, 0.25) is 16.0 Å². The number of nitrogens with zero attached hydrogens (tertiary/aromatic N) is 4. The molecular weight excluding hydrogens is 374 g/mol. The average molecular weight is 402 g/mol. The van der Waals surface area contributed by atoms with Gasteiger partial charge in [0.25, 0.3) is 0 Å². The van der Waals surface area contributed by atoms with Crippen LogP contribution in [0.1, 0.15) is 26.7 Å². The molecule has 0 bridgehead atoms. The predicted molar refractivity (Wildman–Crippen MR) is 112 cm³/mol. The molecule has 0 amide bonds. The molecule has 2 aliphatic heterocycles. The third kappa shape index (κ3) is 4.06. The summed E-state index contributed by atoms with van der Waals surface area (Å²) in [6.07, 6.45) is 4.15. The van der Waals surface area contributed by atoms with Gasteiger partial charge in [-0.15, -0.1) is 0 Å². The number of hydrogen-bond donors (Lipinski definition) is 1. The van der Waals surface area contributed by atoms with Crippen LogP contribution in [0.3, 0.4) is 0 Å². The number of benzene rings is 1. The number of para-hydroxylation sites is 1. The van der Waals surface area contributed by atoms with Crippen LogP contribution < -0.4 is 14.5 Å². The first-order chi connectivity index (χ1) is 13.3. The van der Waals surface area contributed by atoms with Gasteiger partial charge < -0.3 is 9.80 Å². The van der Waals surface area contributed by atoms with Crippen LogP contribution in [0, 0.1) is 5.41 Å². The lowest BCUT2D eigenvalue weighted by molar-refractivity contribution is 0.292. The molecule has 4 rings (SSSR count). The maximum Gasteiger partial charge on any atom is 0.239 e. The number of piperidine rings is 1. The van der Waals surface area contributed by atoms with Gasteiger partial charge in [-0.1, -0.05) is 32.0 Å². The van der Waals surface area contributed by atoms with Gasteiger partial charge in [-0.25, -0.2) is 13.4 Å². The van der Waals surface area contributed by atoms with E-state index in [1.807, 2.05) is 29.2 Å². The summed E-state index contributed by atoms with van der Waals surface area (Å²) in [4.78, 5) is 13.3. The topological polar surface area (TPSA) is 78.4 Å². The van der Waals surface area contributed by atoms with E-state index in [4.69, 9.17) is 4.98 Å². The molecule has 8 heteroatoms. The molecule has 0 saturated carbocycles. The summed E-state index contributed by atoms with van der Waals surface area (Å²) in [5, 5.41) is -0.464. The number of hydrogen-bond acceptors (Lipinski definition) is 6. The van der Waals surface area contributed by atoms with Gasteiger partial charge in [0.1, 0.15) is 11.1 Å². The van der Waals surface area contributed by atoms with Crippen molar-refractivity contribution >= 4 is 27.5 Å². The number of nitrogens with one attached hydrogen (secondary N) is 1. The number of rotatable bonds is 5. The second kappa shape index (κ2) is 7.24. The quantitative estimate of drug-likeness (QED) is 0.830. The van der Waals surface area contributed by atoms with E-state index in [1.54, 1.807) is 18.3 Å². The largest absolute Gasteiger partial charge is 0.356 e. The van der Waals surface area contributed by atoms with E-state index in [0.717, 1.165) is 25.3 Å². The minimum Gasteiger partial charge on any atom is -0.356 e. The Morgan fingerprint density at radius 2 is 1.86 bits per heavy atom. The van der Waals surface area contributed by atoms with Crippen molar-refractivity contribution in [3.8, 4) is 0 Å². The molecule has 0 aliphatic carbocycles. The second-order valence-corrected chi connectivity index (χ2v) is 10.4. The van der Waals surface area contributed by atoms with Crippen molar-refractivity contribution < 1.29 is 8.42 Å². The maximum absolute atomic E-state index is 12.6. The van der Waals surface area contributed by atoms with E-state index in [9.17, 15) is 8.42 Å². The summed E-state index contributed by atoms with van der Waals surface area (Å²) in [6.45, 7) is 7.34. The van der Waals surface area contributed by atoms with Crippen molar-refractivity contribution in [2.75, 3.05) is 40.7 Å². The lowest BCUT2D eigenvalue weighted by Crippen LogP contribution is -2.56. The van der Waals surface area contributed by atoms with Crippen molar-refractivity contribution in [2.24, 2.45) is 5.41 Å². The fraction of sp³-hybridized carbons (Fsp3) is 0.500. The van der Waals surface area contributed by atoms with Crippen LogP contribution in [-0.2, 0) is 10.0 Å². The Morgan fingerprint density at radius 3 is 2.57 bits per heavy atom. The van der Waals surface area contributed by atoms with Crippen LogP contribution >= 0.6 is 0 Å². The Morgan fingerprint density at radius 1 is 1.11 bits per heavy atom. The molecule has 1 N–H and O–H groups in total. The van der Waals surface area contributed by atoms with Gasteiger partial charge in [-0.3, -0.25) is 4.72 Å². The second-order valence-electron chi connectivity index (χ2n) is 8.44.